The fraction of sp³-hybridized carbons (Fsp3) is 0.417. The minimum atomic E-state index is -0.259. The Bertz CT molecular complexity index is 335. The summed E-state index contributed by atoms with van der Waals surface area (Å²) in [5, 5.41) is 2.73. The summed E-state index contributed by atoms with van der Waals surface area (Å²) in [7, 11) is 0. The molecule has 0 bridgehead atoms. The van der Waals surface area contributed by atoms with Crippen LogP contribution in [-0.2, 0) is 11.2 Å². The molecule has 1 amide bonds. The number of hydrogen-bond acceptors (Lipinski definition) is 2. The second kappa shape index (κ2) is 6.23. The molecule has 3 N–H and O–H groups in total. The molecule has 1 atom stereocenters. The zero-order valence-electron chi connectivity index (χ0n) is 9.37. The normalized spacial score (nSPS) is 12.2. The van der Waals surface area contributed by atoms with Gasteiger partial charge in [0.1, 0.15) is 5.82 Å². The van der Waals surface area contributed by atoms with E-state index in [1.54, 1.807) is 12.1 Å². The van der Waals surface area contributed by atoms with E-state index in [1.165, 1.54) is 12.1 Å². The highest BCUT2D eigenvalue weighted by Crippen LogP contribution is 2.05. The number of rotatable bonds is 5. The maximum atomic E-state index is 12.6. The van der Waals surface area contributed by atoms with Crippen LogP contribution in [0.25, 0.3) is 0 Å². The summed E-state index contributed by atoms with van der Waals surface area (Å²) in [6.07, 6.45) is 1.02. The van der Waals surface area contributed by atoms with Gasteiger partial charge in [0.25, 0.3) is 0 Å². The van der Waals surface area contributed by atoms with Crippen molar-refractivity contribution in [1.29, 1.82) is 0 Å². The number of amides is 1. The van der Waals surface area contributed by atoms with Crippen molar-refractivity contribution in [3.05, 3.63) is 35.6 Å². The highest BCUT2D eigenvalue weighted by atomic mass is 19.1. The second-order valence-corrected chi connectivity index (χ2v) is 3.91. The fourth-order valence-electron chi connectivity index (χ4n) is 1.27. The van der Waals surface area contributed by atoms with Crippen LogP contribution in [0.1, 0.15) is 18.9 Å². The van der Waals surface area contributed by atoms with Gasteiger partial charge in [-0.25, -0.2) is 4.39 Å². The molecular formula is C12H17FN2O. The molecule has 3 nitrogen and oxygen atoms in total. The van der Waals surface area contributed by atoms with Gasteiger partial charge in [-0.15, -0.1) is 0 Å². The van der Waals surface area contributed by atoms with Gasteiger partial charge < -0.3 is 11.1 Å². The zero-order valence-corrected chi connectivity index (χ0v) is 9.37. The number of nitrogens with two attached hydrogens (primary N) is 1. The Morgan fingerprint density at radius 3 is 2.62 bits per heavy atom. The fourth-order valence-corrected chi connectivity index (χ4v) is 1.27. The predicted octanol–water partition coefficient (Wildman–Crippen LogP) is 1.22. The molecule has 1 aromatic carbocycles. The van der Waals surface area contributed by atoms with Gasteiger partial charge in [0.15, 0.2) is 0 Å². The molecule has 1 aromatic rings. The van der Waals surface area contributed by atoms with Gasteiger partial charge in [-0.1, -0.05) is 12.1 Å². The Balaban J connectivity index is 2.29. The molecule has 0 aliphatic rings. The van der Waals surface area contributed by atoms with Crippen molar-refractivity contribution in [3.63, 3.8) is 0 Å². The first kappa shape index (κ1) is 12.6. The Labute approximate surface area is 94.8 Å². The molecule has 0 saturated heterocycles. The number of carbonyl (C=O) groups is 1. The summed E-state index contributed by atoms with van der Waals surface area (Å²) in [6, 6.07) is 6.14. The molecule has 0 aromatic heterocycles. The molecule has 0 heterocycles. The third-order valence-corrected chi connectivity index (χ3v) is 2.18. The second-order valence-electron chi connectivity index (χ2n) is 3.91. The molecule has 88 valence electrons. The van der Waals surface area contributed by atoms with E-state index >= 15 is 0 Å². The zero-order chi connectivity index (χ0) is 12.0. The van der Waals surface area contributed by atoms with Gasteiger partial charge in [-0.3, -0.25) is 4.79 Å². The van der Waals surface area contributed by atoms with Crippen molar-refractivity contribution in [1.82, 2.24) is 5.32 Å². The van der Waals surface area contributed by atoms with Gasteiger partial charge in [0.05, 0.1) is 0 Å². The van der Waals surface area contributed by atoms with Gasteiger partial charge in [-0.2, -0.15) is 0 Å². The summed E-state index contributed by atoms with van der Waals surface area (Å²) in [5.41, 5.74) is 6.46. The number of aryl methyl sites for hydroxylation is 1. The van der Waals surface area contributed by atoms with E-state index in [0.29, 0.717) is 19.4 Å². The summed E-state index contributed by atoms with van der Waals surface area (Å²) in [4.78, 5) is 11.3. The molecule has 0 radical (unpaired) electrons. The number of carbonyl (C=O) groups excluding carboxylic acids is 1. The van der Waals surface area contributed by atoms with Gasteiger partial charge in [0, 0.05) is 19.0 Å². The highest BCUT2D eigenvalue weighted by Gasteiger charge is 2.03. The Morgan fingerprint density at radius 2 is 2.06 bits per heavy atom. The first-order valence-electron chi connectivity index (χ1n) is 5.34. The SMILES string of the molecule is CC(N)CNC(=O)CCc1ccc(F)cc1. The topological polar surface area (TPSA) is 55.1 Å². The summed E-state index contributed by atoms with van der Waals surface area (Å²) in [6.45, 7) is 2.32. The maximum absolute atomic E-state index is 12.6. The van der Waals surface area contributed by atoms with Gasteiger partial charge >= 0.3 is 0 Å². The van der Waals surface area contributed by atoms with Crippen molar-refractivity contribution in [2.45, 2.75) is 25.8 Å². The van der Waals surface area contributed by atoms with Crippen molar-refractivity contribution >= 4 is 5.91 Å². The molecule has 0 aliphatic heterocycles. The summed E-state index contributed by atoms with van der Waals surface area (Å²) >= 11 is 0. The van der Waals surface area contributed by atoms with Crippen molar-refractivity contribution in [3.8, 4) is 0 Å². The third kappa shape index (κ3) is 4.89. The van der Waals surface area contributed by atoms with E-state index in [9.17, 15) is 9.18 Å². The molecule has 0 fully saturated rings. The van der Waals surface area contributed by atoms with Crippen LogP contribution < -0.4 is 11.1 Å². The van der Waals surface area contributed by atoms with Crippen LogP contribution in [0.3, 0.4) is 0 Å². The lowest BCUT2D eigenvalue weighted by Crippen LogP contribution is -2.35. The van der Waals surface area contributed by atoms with Crippen LogP contribution in [-0.4, -0.2) is 18.5 Å². The van der Waals surface area contributed by atoms with E-state index in [-0.39, 0.29) is 17.8 Å². The Kier molecular flexibility index (Phi) is 4.92. The minimum Gasteiger partial charge on any atom is -0.355 e. The maximum Gasteiger partial charge on any atom is 0.220 e. The standard InChI is InChI=1S/C12H17FN2O/c1-9(14)8-15-12(16)7-4-10-2-5-11(13)6-3-10/h2-3,5-6,9H,4,7-8,14H2,1H3,(H,15,16). The molecular weight excluding hydrogens is 207 g/mol. The lowest BCUT2D eigenvalue weighted by atomic mass is 10.1. The number of nitrogens with one attached hydrogen (secondary N) is 1. The number of hydrogen-bond donors (Lipinski definition) is 2. The molecule has 1 rings (SSSR count). The molecule has 16 heavy (non-hydrogen) atoms. The van der Waals surface area contributed by atoms with Gasteiger partial charge in [-0.05, 0) is 31.0 Å². The summed E-state index contributed by atoms with van der Waals surface area (Å²) < 4.78 is 12.6. The molecule has 0 aliphatic carbocycles. The molecule has 4 heteroatoms. The van der Waals surface area contributed by atoms with Crippen molar-refractivity contribution < 1.29 is 9.18 Å². The lowest BCUT2D eigenvalue weighted by molar-refractivity contribution is -0.121. The van der Waals surface area contributed by atoms with Crippen molar-refractivity contribution in [2.75, 3.05) is 6.54 Å². The van der Waals surface area contributed by atoms with Crippen LogP contribution >= 0.6 is 0 Å². The minimum absolute atomic E-state index is 0.0263. The highest BCUT2D eigenvalue weighted by molar-refractivity contribution is 5.76. The molecule has 1 unspecified atom stereocenters. The Morgan fingerprint density at radius 1 is 1.44 bits per heavy atom. The van der Waals surface area contributed by atoms with Crippen LogP contribution in [0.2, 0.25) is 0 Å². The van der Waals surface area contributed by atoms with E-state index in [1.807, 2.05) is 6.92 Å². The molecule has 0 spiro atoms. The number of benzene rings is 1. The lowest BCUT2D eigenvalue weighted by Gasteiger charge is -2.07. The largest absolute Gasteiger partial charge is 0.355 e. The van der Waals surface area contributed by atoms with Crippen LogP contribution in [0, 0.1) is 5.82 Å². The van der Waals surface area contributed by atoms with Crippen molar-refractivity contribution in [2.24, 2.45) is 5.73 Å². The van der Waals surface area contributed by atoms with Crippen LogP contribution in [0.5, 0.6) is 0 Å². The first-order chi connectivity index (χ1) is 7.58. The van der Waals surface area contributed by atoms with Crippen LogP contribution in [0.15, 0.2) is 24.3 Å². The van der Waals surface area contributed by atoms with Crippen LogP contribution in [0.4, 0.5) is 4.39 Å². The average molecular weight is 224 g/mol. The first-order valence-corrected chi connectivity index (χ1v) is 5.34. The van der Waals surface area contributed by atoms with E-state index < -0.39 is 0 Å². The van der Waals surface area contributed by atoms with E-state index in [4.69, 9.17) is 5.73 Å². The molecule has 0 saturated carbocycles. The van der Waals surface area contributed by atoms with E-state index in [0.717, 1.165) is 5.56 Å². The quantitative estimate of drug-likeness (QED) is 0.790. The van der Waals surface area contributed by atoms with E-state index in [2.05, 4.69) is 5.32 Å². The number of halogens is 1. The monoisotopic (exact) mass is 224 g/mol. The smallest absolute Gasteiger partial charge is 0.220 e. The Hall–Kier alpha value is -1.42. The average Bonchev–Trinajstić information content (AvgIpc) is 2.25. The third-order valence-electron chi connectivity index (χ3n) is 2.18. The predicted molar refractivity (Wildman–Crippen MR) is 61.4 cm³/mol. The summed E-state index contributed by atoms with van der Waals surface area (Å²) in [5.74, 6) is -0.285. The van der Waals surface area contributed by atoms with Gasteiger partial charge in [0.2, 0.25) is 5.91 Å².